The van der Waals surface area contributed by atoms with E-state index in [4.69, 9.17) is 10.2 Å². The second-order valence-corrected chi connectivity index (χ2v) is 9.92. The molecule has 0 saturated carbocycles. The van der Waals surface area contributed by atoms with Crippen molar-refractivity contribution < 1.29 is 12.8 Å². The maximum absolute atomic E-state index is 12.7. The van der Waals surface area contributed by atoms with Crippen molar-refractivity contribution in [3.8, 4) is 10.6 Å². The van der Waals surface area contributed by atoms with Crippen molar-refractivity contribution in [1.29, 1.82) is 0 Å². The van der Waals surface area contributed by atoms with Crippen molar-refractivity contribution in [1.82, 2.24) is 9.59 Å². The standard InChI is InChI=1S/C18H14N6O3S3/c19-17-13-7-8-27-18(13)20-10-24(17)12-3-1-11(2-4-12)22-30(25,26)16-6-5-15(29-16)14-9-28-23-21-14/h1-9,22H,10,19H2. The molecule has 3 N–H and O–H groups in total. The van der Waals surface area contributed by atoms with Crippen molar-refractivity contribution in [2.75, 3.05) is 16.3 Å². The minimum atomic E-state index is -3.72. The van der Waals surface area contributed by atoms with Gasteiger partial charge in [0.1, 0.15) is 22.4 Å². The normalized spacial score (nSPS) is 13.7. The van der Waals surface area contributed by atoms with Gasteiger partial charge in [0.05, 0.1) is 16.4 Å². The van der Waals surface area contributed by atoms with Crippen LogP contribution < -0.4 is 26.1 Å². The summed E-state index contributed by atoms with van der Waals surface area (Å²) in [5.41, 5.74) is 8.64. The number of anilines is 2. The quantitative estimate of drug-likeness (QED) is 0.467. The SMILES string of the molecule is NC1=c2ccoc2=NCN1c1ccc(NS(=O)(=O)c2ccc(-c3csnn3)s2)cc1. The number of nitrogens with one attached hydrogen (secondary N) is 1. The van der Waals surface area contributed by atoms with Crippen LogP contribution in [0.3, 0.4) is 0 Å². The minimum Gasteiger partial charge on any atom is -0.446 e. The molecule has 0 atom stereocenters. The van der Waals surface area contributed by atoms with Crippen molar-refractivity contribution in [3.05, 3.63) is 64.9 Å². The highest BCUT2D eigenvalue weighted by Crippen LogP contribution is 2.31. The monoisotopic (exact) mass is 458 g/mol. The summed E-state index contributed by atoms with van der Waals surface area (Å²) >= 11 is 2.36. The molecule has 152 valence electrons. The number of sulfonamides is 1. The molecule has 0 spiro atoms. The van der Waals surface area contributed by atoms with E-state index in [-0.39, 0.29) is 4.21 Å². The Morgan fingerprint density at radius 1 is 1.13 bits per heavy atom. The minimum absolute atomic E-state index is 0.203. The van der Waals surface area contributed by atoms with Crippen LogP contribution >= 0.6 is 22.9 Å². The summed E-state index contributed by atoms with van der Waals surface area (Å²) in [5, 5.41) is 6.48. The Balaban J connectivity index is 1.36. The van der Waals surface area contributed by atoms with E-state index in [1.807, 2.05) is 4.90 Å². The average Bonchev–Trinajstić information content (AvgIpc) is 3.49. The molecular formula is C18H14N6O3S3. The van der Waals surface area contributed by atoms with E-state index in [0.717, 1.165) is 27.1 Å². The van der Waals surface area contributed by atoms with Crippen LogP contribution in [0.4, 0.5) is 11.4 Å². The fourth-order valence-corrected chi connectivity index (χ4v) is 5.84. The highest BCUT2D eigenvalue weighted by molar-refractivity contribution is 7.94. The molecule has 0 unspecified atom stereocenters. The Labute approximate surface area is 179 Å². The lowest BCUT2D eigenvalue weighted by Crippen LogP contribution is -2.42. The first-order valence-electron chi connectivity index (χ1n) is 8.67. The van der Waals surface area contributed by atoms with Gasteiger partial charge in [-0.1, -0.05) is 4.49 Å². The third-order valence-electron chi connectivity index (χ3n) is 4.46. The summed E-state index contributed by atoms with van der Waals surface area (Å²) in [6.07, 6.45) is 1.54. The first-order chi connectivity index (χ1) is 14.5. The zero-order chi connectivity index (χ0) is 20.7. The second-order valence-electron chi connectivity index (χ2n) is 6.31. The van der Waals surface area contributed by atoms with E-state index < -0.39 is 10.0 Å². The molecule has 9 nitrogen and oxygen atoms in total. The zero-order valence-corrected chi connectivity index (χ0v) is 17.7. The number of nitrogens with zero attached hydrogens (tertiary/aromatic N) is 4. The van der Waals surface area contributed by atoms with Gasteiger partial charge in [-0.2, -0.15) is 0 Å². The van der Waals surface area contributed by atoms with Crippen molar-refractivity contribution >= 4 is 50.1 Å². The highest BCUT2D eigenvalue weighted by atomic mass is 32.2. The van der Waals surface area contributed by atoms with Crippen LogP contribution in [-0.4, -0.2) is 24.7 Å². The number of thiophene rings is 1. The van der Waals surface area contributed by atoms with Gasteiger partial charge in [0.15, 0.2) is 0 Å². The predicted molar refractivity (Wildman–Crippen MR) is 115 cm³/mol. The first-order valence-corrected chi connectivity index (χ1v) is 11.8. The topological polar surface area (TPSA) is 127 Å². The van der Waals surface area contributed by atoms with E-state index in [2.05, 4.69) is 19.3 Å². The van der Waals surface area contributed by atoms with Crippen LogP contribution in [0.1, 0.15) is 0 Å². The fourth-order valence-electron chi connectivity index (χ4n) is 2.98. The largest absolute Gasteiger partial charge is 0.446 e. The van der Waals surface area contributed by atoms with Gasteiger partial charge in [-0.05, 0) is 54.0 Å². The molecule has 12 heteroatoms. The number of rotatable bonds is 5. The molecule has 3 aromatic heterocycles. The maximum atomic E-state index is 12.7. The van der Waals surface area contributed by atoms with Crippen molar-refractivity contribution in [3.63, 3.8) is 0 Å². The van der Waals surface area contributed by atoms with Crippen molar-refractivity contribution in [2.45, 2.75) is 4.21 Å². The summed E-state index contributed by atoms with van der Waals surface area (Å²) < 4.78 is 37.4. The summed E-state index contributed by atoms with van der Waals surface area (Å²) in [6.45, 7) is 0.320. The van der Waals surface area contributed by atoms with Gasteiger partial charge in [0, 0.05) is 16.8 Å². The lowest BCUT2D eigenvalue weighted by atomic mass is 10.2. The van der Waals surface area contributed by atoms with E-state index in [9.17, 15) is 8.42 Å². The average molecular weight is 459 g/mol. The molecule has 5 rings (SSSR count). The maximum Gasteiger partial charge on any atom is 0.271 e. The number of hydrogen-bond acceptors (Lipinski definition) is 10. The molecule has 0 bridgehead atoms. The summed E-state index contributed by atoms with van der Waals surface area (Å²) in [7, 11) is -3.72. The first kappa shape index (κ1) is 18.8. The van der Waals surface area contributed by atoms with Crippen LogP contribution in [-0.2, 0) is 10.0 Å². The van der Waals surface area contributed by atoms with Gasteiger partial charge in [0.2, 0.25) is 5.55 Å². The molecule has 30 heavy (non-hydrogen) atoms. The van der Waals surface area contributed by atoms with E-state index in [1.54, 1.807) is 54.1 Å². The predicted octanol–water partition coefficient (Wildman–Crippen LogP) is 1.78. The Morgan fingerprint density at radius 2 is 1.97 bits per heavy atom. The van der Waals surface area contributed by atoms with Crippen LogP contribution in [0.2, 0.25) is 0 Å². The number of fused-ring (bicyclic) bond motifs is 1. The third kappa shape index (κ3) is 3.34. The lowest BCUT2D eigenvalue weighted by molar-refractivity contribution is 0.500. The Morgan fingerprint density at radius 3 is 2.73 bits per heavy atom. The summed E-state index contributed by atoms with van der Waals surface area (Å²) in [6, 6.07) is 12.0. The van der Waals surface area contributed by atoms with Gasteiger partial charge in [-0.15, -0.1) is 16.4 Å². The summed E-state index contributed by atoms with van der Waals surface area (Å²) in [5.74, 6) is 0.532. The molecule has 0 saturated heterocycles. The highest BCUT2D eigenvalue weighted by Gasteiger charge is 2.19. The number of aromatic nitrogens is 2. The van der Waals surface area contributed by atoms with Crippen LogP contribution in [0.5, 0.6) is 0 Å². The van der Waals surface area contributed by atoms with Crippen LogP contribution in [0.15, 0.2) is 67.7 Å². The Kier molecular flexibility index (Phi) is 4.53. The second kappa shape index (κ2) is 7.23. The lowest BCUT2D eigenvalue weighted by Gasteiger charge is -2.24. The zero-order valence-electron chi connectivity index (χ0n) is 15.2. The molecule has 1 aliphatic heterocycles. The third-order valence-corrected chi connectivity index (χ3v) is 7.94. The van der Waals surface area contributed by atoms with Gasteiger partial charge in [0.25, 0.3) is 10.0 Å². The van der Waals surface area contributed by atoms with E-state index >= 15 is 0 Å². The number of benzene rings is 1. The van der Waals surface area contributed by atoms with Gasteiger partial charge < -0.3 is 15.1 Å². The Bertz CT molecular complexity index is 1420. The number of hydrogen-bond donors (Lipinski definition) is 2. The van der Waals surface area contributed by atoms with E-state index in [1.165, 1.54) is 11.5 Å². The summed E-state index contributed by atoms with van der Waals surface area (Å²) in [4.78, 5) is 6.92. The molecule has 1 aliphatic rings. The Hall–Kier alpha value is -3.22. The molecule has 4 heterocycles. The smallest absolute Gasteiger partial charge is 0.271 e. The molecule has 0 fully saturated rings. The molecule has 0 aliphatic carbocycles. The molecule has 4 aromatic rings. The van der Waals surface area contributed by atoms with Gasteiger partial charge >= 0.3 is 0 Å². The number of nitrogens with two attached hydrogens (primary N) is 1. The van der Waals surface area contributed by atoms with Crippen LogP contribution in [0, 0.1) is 0 Å². The van der Waals surface area contributed by atoms with E-state index in [0.29, 0.717) is 29.4 Å². The van der Waals surface area contributed by atoms with Crippen molar-refractivity contribution in [2.24, 2.45) is 10.7 Å². The molecule has 0 radical (unpaired) electrons. The molecular weight excluding hydrogens is 444 g/mol. The molecule has 0 amide bonds. The molecule has 1 aromatic carbocycles. The number of furan rings is 1. The van der Waals surface area contributed by atoms with Gasteiger partial charge in [-0.3, -0.25) is 4.72 Å². The fraction of sp³-hybridized carbons (Fsp3) is 0.0556. The van der Waals surface area contributed by atoms with Gasteiger partial charge in [-0.25, -0.2) is 13.4 Å². The van der Waals surface area contributed by atoms with Crippen LogP contribution in [0.25, 0.3) is 16.4 Å².